The van der Waals surface area contributed by atoms with Gasteiger partial charge in [-0.05, 0) is 12.8 Å². The van der Waals surface area contributed by atoms with E-state index in [1.165, 1.54) is 7.11 Å². The number of hydrogen-bond donors (Lipinski definition) is 2. The molecule has 1 aliphatic rings. The Bertz CT molecular complexity index is 459. The first-order valence-corrected chi connectivity index (χ1v) is 6.33. The standard InChI is InChI=1S/C12H19N5O2/c1-19-11-6-10(15-12(14)16-11)17(7-9(13)18)8-4-2-3-5-8/h6,8H,2-5,7H2,1H3,(H2,13,18)(H2,14,15,16). The molecule has 1 amide bonds. The van der Waals surface area contributed by atoms with Crippen molar-refractivity contribution in [1.29, 1.82) is 0 Å². The Morgan fingerprint density at radius 2 is 2.16 bits per heavy atom. The normalized spacial score (nSPS) is 15.4. The second-order valence-corrected chi connectivity index (χ2v) is 4.66. The smallest absolute Gasteiger partial charge is 0.237 e. The lowest BCUT2D eigenvalue weighted by atomic mass is 10.2. The molecule has 0 aromatic carbocycles. The fourth-order valence-corrected chi connectivity index (χ4v) is 2.46. The number of aromatic nitrogens is 2. The Balaban J connectivity index is 2.30. The molecule has 0 atom stereocenters. The lowest BCUT2D eigenvalue weighted by Gasteiger charge is -2.28. The maximum Gasteiger partial charge on any atom is 0.237 e. The van der Waals surface area contributed by atoms with Gasteiger partial charge in [0.1, 0.15) is 5.82 Å². The average Bonchev–Trinajstić information content (AvgIpc) is 2.88. The molecule has 1 aliphatic carbocycles. The van der Waals surface area contributed by atoms with E-state index in [2.05, 4.69) is 9.97 Å². The molecule has 0 spiro atoms. The van der Waals surface area contributed by atoms with E-state index in [1.807, 2.05) is 4.90 Å². The third-order valence-corrected chi connectivity index (χ3v) is 3.30. The molecule has 4 N–H and O–H groups in total. The molecular weight excluding hydrogens is 246 g/mol. The number of nitrogen functional groups attached to an aromatic ring is 1. The summed E-state index contributed by atoms with van der Waals surface area (Å²) in [4.78, 5) is 21.3. The molecule has 1 heterocycles. The first kappa shape index (κ1) is 13.4. The number of carbonyl (C=O) groups excluding carboxylic acids is 1. The van der Waals surface area contributed by atoms with Crippen molar-refractivity contribution >= 4 is 17.7 Å². The summed E-state index contributed by atoms with van der Waals surface area (Å²) in [6.07, 6.45) is 4.36. The zero-order valence-electron chi connectivity index (χ0n) is 11.0. The minimum atomic E-state index is -0.386. The van der Waals surface area contributed by atoms with Gasteiger partial charge < -0.3 is 21.1 Å². The highest BCUT2D eigenvalue weighted by Gasteiger charge is 2.25. The molecule has 1 aromatic heterocycles. The Kier molecular flexibility index (Phi) is 4.03. The highest BCUT2D eigenvalue weighted by atomic mass is 16.5. The predicted octanol–water partition coefficient (Wildman–Crippen LogP) is 0.302. The van der Waals surface area contributed by atoms with Gasteiger partial charge in [-0.3, -0.25) is 4.79 Å². The average molecular weight is 265 g/mol. The number of anilines is 2. The largest absolute Gasteiger partial charge is 0.481 e. The minimum Gasteiger partial charge on any atom is -0.481 e. The minimum absolute atomic E-state index is 0.127. The van der Waals surface area contributed by atoms with E-state index in [4.69, 9.17) is 16.2 Å². The maximum absolute atomic E-state index is 11.3. The van der Waals surface area contributed by atoms with Gasteiger partial charge in [-0.1, -0.05) is 12.8 Å². The molecule has 19 heavy (non-hydrogen) atoms. The summed E-state index contributed by atoms with van der Waals surface area (Å²) in [6, 6.07) is 1.95. The van der Waals surface area contributed by atoms with Crippen LogP contribution in [0.15, 0.2) is 6.07 Å². The van der Waals surface area contributed by atoms with E-state index in [0.29, 0.717) is 11.7 Å². The summed E-state index contributed by atoms with van der Waals surface area (Å²) in [5, 5.41) is 0. The highest BCUT2D eigenvalue weighted by Crippen LogP contribution is 2.28. The molecule has 0 saturated heterocycles. The molecule has 0 radical (unpaired) electrons. The van der Waals surface area contributed by atoms with Crippen molar-refractivity contribution in [2.45, 2.75) is 31.7 Å². The van der Waals surface area contributed by atoms with Crippen molar-refractivity contribution in [3.63, 3.8) is 0 Å². The summed E-state index contributed by atoms with van der Waals surface area (Å²) < 4.78 is 5.08. The maximum atomic E-state index is 11.3. The van der Waals surface area contributed by atoms with Crippen LogP contribution >= 0.6 is 0 Å². The van der Waals surface area contributed by atoms with Gasteiger partial charge in [-0.2, -0.15) is 9.97 Å². The number of ether oxygens (including phenoxy) is 1. The van der Waals surface area contributed by atoms with Gasteiger partial charge >= 0.3 is 0 Å². The quantitative estimate of drug-likeness (QED) is 0.793. The van der Waals surface area contributed by atoms with E-state index in [-0.39, 0.29) is 24.4 Å². The zero-order chi connectivity index (χ0) is 13.8. The van der Waals surface area contributed by atoms with E-state index in [0.717, 1.165) is 25.7 Å². The van der Waals surface area contributed by atoms with Crippen LogP contribution in [0.3, 0.4) is 0 Å². The number of methoxy groups -OCH3 is 1. The molecular formula is C12H19N5O2. The molecule has 1 aromatic rings. The zero-order valence-corrected chi connectivity index (χ0v) is 11.0. The number of hydrogen-bond acceptors (Lipinski definition) is 6. The Morgan fingerprint density at radius 3 is 2.74 bits per heavy atom. The number of carbonyl (C=O) groups is 1. The number of primary amides is 1. The Morgan fingerprint density at radius 1 is 1.47 bits per heavy atom. The third-order valence-electron chi connectivity index (χ3n) is 3.30. The summed E-state index contributed by atoms with van der Waals surface area (Å²) in [5.74, 6) is 0.717. The van der Waals surface area contributed by atoms with Gasteiger partial charge in [-0.15, -0.1) is 0 Å². The van der Waals surface area contributed by atoms with Crippen LogP contribution in [-0.4, -0.2) is 35.6 Å². The van der Waals surface area contributed by atoms with E-state index in [1.54, 1.807) is 6.07 Å². The highest BCUT2D eigenvalue weighted by molar-refractivity contribution is 5.79. The SMILES string of the molecule is COc1cc(N(CC(N)=O)C2CCCC2)nc(N)n1. The van der Waals surface area contributed by atoms with Crippen LogP contribution in [0.2, 0.25) is 0 Å². The molecule has 0 unspecified atom stereocenters. The Labute approximate surface area is 111 Å². The van der Waals surface area contributed by atoms with Crippen LogP contribution in [0.1, 0.15) is 25.7 Å². The molecule has 2 rings (SSSR count). The topological polar surface area (TPSA) is 107 Å². The van der Waals surface area contributed by atoms with Crippen LogP contribution in [0.4, 0.5) is 11.8 Å². The van der Waals surface area contributed by atoms with Gasteiger partial charge in [-0.25, -0.2) is 0 Å². The van der Waals surface area contributed by atoms with Gasteiger partial charge in [0.25, 0.3) is 0 Å². The van der Waals surface area contributed by atoms with E-state index < -0.39 is 0 Å². The summed E-state index contributed by atoms with van der Waals surface area (Å²) >= 11 is 0. The van der Waals surface area contributed by atoms with Crippen molar-refractivity contribution in [2.75, 3.05) is 24.3 Å². The van der Waals surface area contributed by atoms with E-state index in [9.17, 15) is 4.79 Å². The molecule has 0 bridgehead atoms. The molecule has 7 nitrogen and oxygen atoms in total. The first-order chi connectivity index (χ1) is 9.10. The van der Waals surface area contributed by atoms with Crippen LogP contribution in [0.5, 0.6) is 5.88 Å². The number of nitrogens with two attached hydrogens (primary N) is 2. The summed E-state index contributed by atoms with van der Waals surface area (Å²) in [7, 11) is 1.51. The molecule has 104 valence electrons. The number of nitrogens with zero attached hydrogens (tertiary/aromatic N) is 3. The molecule has 7 heteroatoms. The van der Waals surface area contributed by atoms with Gasteiger partial charge in [0.15, 0.2) is 0 Å². The van der Waals surface area contributed by atoms with Crippen LogP contribution in [0.25, 0.3) is 0 Å². The molecule has 1 fully saturated rings. The monoisotopic (exact) mass is 265 g/mol. The predicted molar refractivity (Wildman–Crippen MR) is 71.8 cm³/mol. The van der Waals surface area contributed by atoms with Gasteiger partial charge in [0.2, 0.25) is 17.7 Å². The van der Waals surface area contributed by atoms with Crippen molar-refractivity contribution in [1.82, 2.24) is 9.97 Å². The van der Waals surface area contributed by atoms with Crippen LogP contribution < -0.4 is 21.1 Å². The van der Waals surface area contributed by atoms with Crippen molar-refractivity contribution in [3.05, 3.63) is 6.07 Å². The lowest BCUT2D eigenvalue weighted by Crippen LogP contribution is -2.40. The van der Waals surface area contributed by atoms with Crippen molar-refractivity contribution in [2.24, 2.45) is 5.73 Å². The van der Waals surface area contributed by atoms with Crippen molar-refractivity contribution < 1.29 is 9.53 Å². The van der Waals surface area contributed by atoms with Gasteiger partial charge in [0, 0.05) is 12.1 Å². The van der Waals surface area contributed by atoms with Gasteiger partial charge in [0.05, 0.1) is 13.7 Å². The molecule has 1 saturated carbocycles. The number of rotatable bonds is 5. The Hall–Kier alpha value is -2.05. The van der Waals surface area contributed by atoms with E-state index >= 15 is 0 Å². The second-order valence-electron chi connectivity index (χ2n) is 4.66. The summed E-state index contributed by atoms with van der Waals surface area (Å²) in [6.45, 7) is 0.129. The molecule has 0 aliphatic heterocycles. The fraction of sp³-hybridized carbons (Fsp3) is 0.583. The number of amides is 1. The first-order valence-electron chi connectivity index (χ1n) is 6.33. The van der Waals surface area contributed by atoms with Crippen LogP contribution in [0, 0.1) is 0 Å². The third kappa shape index (κ3) is 3.24. The van der Waals surface area contributed by atoms with Crippen molar-refractivity contribution in [3.8, 4) is 5.88 Å². The summed E-state index contributed by atoms with van der Waals surface area (Å²) in [5.41, 5.74) is 11.0. The van der Waals surface area contributed by atoms with Crippen LogP contribution in [-0.2, 0) is 4.79 Å². The second kappa shape index (κ2) is 5.73. The lowest BCUT2D eigenvalue weighted by molar-refractivity contribution is -0.116. The fourth-order valence-electron chi connectivity index (χ4n) is 2.46.